The Bertz CT molecular complexity index is 1160. The molecule has 1 aliphatic heterocycles. The Morgan fingerprint density at radius 3 is 2.38 bits per heavy atom. The van der Waals surface area contributed by atoms with Gasteiger partial charge in [0.1, 0.15) is 17.1 Å². The molecular formula is C25H28N2O5. The van der Waals surface area contributed by atoms with Crippen molar-refractivity contribution in [2.45, 2.75) is 19.8 Å². The normalized spacial score (nSPS) is 14.0. The number of hydrogen-bond acceptors (Lipinski definition) is 6. The molecule has 0 aliphatic carbocycles. The fourth-order valence-corrected chi connectivity index (χ4v) is 4.18. The zero-order valence-corrected chi connectivity index (χ0v) is 18.7. The van der Waals surface area contributed by atoms with E-state index in [-0.39, 0.29) is 11.5 Å². The smallest absolute Gasteiger partial charge is 0.336 e. The molecule has 1 saturated heterocycles. The fraction of sp³-hybridized carbons (Fsp3) is 0.360. The standard InChI is InChI=1S/C25H28N2O5/c1-17-14-25(29)32-23-16-22(31-3)18(15-21(17)23)4-9-24(28)27-12-10-26(11-13-27)19-5-7-20(30-2)8-6-19/h5-8,14-16H,4,9-13H2,1-3H3. The number of fused-ring (bicyclic) bond motifs is 1. The lowest BCUT2D eigenvalue weighted by Crippen LogP contribution is -2.48. The van der Waals surface area contributed by atoms with E-state index >= 15 is 0 Å². The van der Waals surface area contributed by atoms with Crippen LogP contribution < -0.4 is 20.0 Å². The topological polar surface area (TPSA) is 72.2 Å². The quantitative estimate of drug-likeness (QED) is 0.552. The average molecular weight is 437 g/mol. The van der Waals surface area contributed by atoms with Crippen LogP contribution in [0.1, 0.15) is 17.5 Å². The third kappa shape index (κ3) is 4.56. The second-order valence-electron chi connectivity index (χ2n) is 7.97. The monoisotopic (exact) mass is 436 g/mol. The molecular weight excluding hydrogens is 408 g/mol. The van der Waals surface area contributed by atoms with Gasteiger partial charge < -0.3 is 23.7 Å². The molecule has 168 valence electrons. The zero-order chi connectivity index (χ0) is 22.7. The Morgan fingerprint density at radius 2 is 1.72 bits per heavy atom. The molecule has 0 radical (unpaired) electrons. The number of rotatable bonds is 6. The van der Waals surface area contributed by atoms with Crippen LogP contribution in [0.25, 0.3) is 11.0 Å². The number of nitrogens with zero attached hydrogens (tertiary/aromatic N) is 2. The molecule has 0 bridgehead atoms. The maximum atomic E-state index is 12.9. The Morgan fingerprint density at radius 1 is 1.00 bits per heavy atom. The van der Waals surface area contributed by atoms with Gasteiger partial charge in [-0.05, 0) is 54.8 Å². The number of carbonyl (C=O) groups excluding carboxylic acids is 1. The summed E-state index contributed by atoms with van der Waals surface area (Å²) in [6.07, 6.45) is 0.968. The molecule has 1 fully saturated rings. The molecule has 4 rings (SSSR count). The summed E-state index contributed by atoms with van der Waals surface area (Å²) >= 11 is 0. The van der Waals surface area contributed by atoms with Gasteiger partial charge in [-0.2, -0.15) is 0 Å². The van der Waals surface area contributed by atoms with Crippen molar-refractivity contribution < 1.29 is 18.7 Å². The Balaban J connectivity index is 1.38. The van der Waals surface area contributed by atoms with E-state index in [4.69, 9.17) is 13.9 Å². The average Bonchev–Trinajstić information content (AvgIpc) is 2.82. The summed E-state index contributed by atoms with van der Waals surface area (Å²) in [6.45, 7) is 4.88. The van der Waals surface area contributed by atoms with Crippen molar-refractivity contribution in [3.05, 3.63) is 64.0 Å². The first-order valence-electron chi connectivity index (χ1n) is 10.8. The molecule has 1 aliphatic rings. The molecule has 3 aromatic rings. The summed E-state index contributed by atoms with van der Waals surface area (Å²) in [5.74, 6) is 1.60. The highest BCUT2D eigenvalue weighted by molar-refractivity contribution is 5.83. The molecule has 0 spiro atoms. The minimum absolute atomic E-state index is 0.137. The van der Waals surface area contributed by atoms with Gasteiger partial charge in [0.25, 0.3) is 0 Å². The minimum Gasteiger partial charge on any atom is -0.497 e. The number of anilines is 1. The highest BCUT2D eigenvalue weighted by atomic mass is 16.5. The van der Waals surface area contributed by atoms with Gasteiger partial charge >= 0.3 is 5.63 Å². The maximum absolute atomic E-state index is 12.9. The first kappa shape index (κ1) is 21.7. The van der Waals surface area contributed by atoms with Crippen LogP contribution in [-0.2, 0) is 11.2 Å². The summed E-state index contributed by atoms with van der Waals surface area (Å²) in [4.78, 5) is 28.7. The number of methoxy groups -OCH3 is 2. The predicted molar refractivity (Wildman–Crippen MR) is 124 cm³/mol. The lowest BCUT2D eigenvalue weighted by Gasteiger charge is -2.36. The number of hydrogen-bond donors (Lipinski definition) is 0. The van der Waals surface area contributed by atoms with Crippen molar-refractivity contribution in [3.63, 3.8) is 0 Å². The first-order chi connectivity index (χ1) is 15.5. The van der Waals surface area contributed by atoms with Crippen LogP contribution in [0, 0.1) is 6.92 Å². The number of carbonyl (C=O) groups is 1. The van der Waals surface area contributed by atoms with Crippen LogP contribution >= 0.6 is 0 Å². The Kier molecular flexibility index (Phi) is 6.35. The molecule has 2 heterocycles. The van der Waals surface area contributed by atoms with Crippen LogP contribution in [0.2, 0.25) is 0 Å². The van der Waals surface area contributed by atoms with Crippen LogP contribution in [0.5, 0.6) is 11.5 Å². The minimum atomic E-state index is -0.381. The van der Waals surface area contributed by atoms with Crippen molar-refractivity contribution in [2.24, 2.45) is 0 Å². The van der Waals surface area contributed by atoms with Crippen LogP contribution in [-0.4, -0.2) is 51.2 Å². The highest BCUT2D eigenvalue weighted by Gasteiger charge is 2.22. The molecule has 1 amide bonds. The van der Waals surface area contributed by atoms with E-state index in [1.165, 1.54) is 6.07 Å². The van der Waals surface area contributed by atoms with E-state index in [1.54, 1.807) is 20.3 Å². The van der Waals surface area contributed by atoms with Crippen LogP contribution in [0.15, 0.2) is 51.7 Å². The van der Waals surface area contributed by atoms with Crippen molar-refractivity contribution in [2.75, 3.05) is 45.3 Å². The van der Waals surface area contributed by atoms with Gasteiger partial charge in [0, 0.05) is 55.8 Å². The van der Waals surface area contributed by atoms with Gasteiger partial charge in [-0.1, -0.05) is 0 Å². The van der Waals surface area contributed by atoms with Gasteiger partial charge in [-0.15, -0.1) is 0 Å². The molecule has 7 nitrogen and oxygen atoms in total. The van der Waals surface area contributed by atoms with E-state index in [0.717, 1.165) is 41.0 Å². The molecule has 0 N–H and O–H groups in total. The van der Waals surface area contributed by atoms with Crippen molar-refractivity contribution >= 4 is 22.6 Å². The molecule has 2 aromatic carbocycles. The van der Waals surface area contributed by atoms with Gasteiger partial charge in [0.15, 0.2) is 0 Å². The SMILES string of the molecule is COc1ccc(N2CCN(C(=O)CCc3cc4c(C)cc(=O)oc4cc3OC)CC2)cc1. The summed E-state index contributed by atoms with van der Waals surface area (Å²) in [7, 11) is 3.24. The number of amides is 1. The summed E-state index contributed by atoms with van der Waals surface area (Å²) in [6, 6.07) is 13.2. The van der Waals surface area contributed by atoms with Crippen LogP contribution in [0.3, 0.4) is 0 Å². The van der Waals surface area contributed by atoms with E-state index in [9.17, 15) is 9.59 Å². The molecule has 1 aromatic heterocycles. The summed E-state index contributed by atoms with van der Waals surface area (Å²) < 4.78 is 16.0. The van der Waals surface area contributed by atoms with Crippen molar-refractivity contribution in [1.82, 2.24) is 4.90 Å². The molecule has 7 heteroatoms. The largest absolute Gasteiger partial charge is 0.497 e. The van der Waals surface area contributed by atoms with E-state index in [1.807, 2.05) is 42.2 Å². The molecule has 0 saturated carbocycles. The molecule has 0 atom stereocenters. The van der Waals surface area contributed by atoms with E-state index in [0.29, 0.717) is 37.3 Å². The third-order valence-electron chi connectivity index (χ3n) is 6.03. The van der Waals surface area contributed by atoms with Gasteiger partial charge in [0.05, 0.1) is 14.2 Å². The lowest BCUT2D eigenvalue weighted by atomic mass is 10.0. The van der Waals surface area contributed by atoms with Crippen molar-refractivity contribution in [3.8, 4) is 11.5 Å². The highest BCUT2D eigenvalue weighted by Crippen LogP contribution is 2.28. The maximum Gasteiger partial charge on any atom is 0.336 e. The van der Waals surface area contributed by atoms with E-state index in [2.05, 4.69) is 4.90 Å². The summed E-state index contributed by atoms with van der Waals surface area (Å²) in [5, 5.41) is 0.862. The predicted octanol–water partition coefficient (Wildman–Crippen LogP) is 3.40. The second kappa shape index (κ2) is 9.34. The molecule has 0 unspecified atom stereocenters. The van der Waals surface area contributed by atoms with E-state index < -0.39 is 0 Å². The number of benzene rings is 2. The second-order valence-corrected chi connectivity index (χ2v) is 7.97. The number of ether oxygens (including phenoxy) is 2. The summed E-state index contributed by atoms with van der Waals surface area (Å²) in [5.41, 5.74) is 3.04. The molecule has 32 heavy (non-hydrogen) atoms. The van der Waals surface area contributed by atoms with Crippen LogP contribution in [0.4, 0.5) is 5.69 Å². The van der Waals surface area contributed by atoms with Gasteiger partial charge in [-0.3, -0.25) is 4.79 Å². The first-order valence-corrected chi connectivity index (χ1v) is 10.8. The lowest BCUT2D eigenvalue weighted by molar-refractivity contribution is -0.131. The number of piperazine rings is 1. The van der Waals surface area contributed by atoms with Gasteiger partial charge in [0.2, 0.25) is 5.91 Å². The zero-order valence-electron chi connectivity index (χ0n) is 18.7. The number of aryl methyl sites for hydroxylation is 2. The Hall–Kier alpha value is -3.48. The fourth-order valence-electron chi connectivity index (χ4n) is 4.18. The Labute approximate surface area is 187 Å². The van der Waals surface area contributed by atoms with Crippen molar-refractivity contribution in [1.29, 1.82) is 0 Å². The third-order valence-corrected chi connectivity index (χ3v) is 6.03. The van der Waals surface area contributed by atoms with Gasteiger partial charge in [-0.25, -0.2) is 4.79 Å².